The van der Waals surface area contributed by atoms with Gasteiger partial charge in [-0.2, -0.15) is 18.3 Å². The Morgan fingerprint density at radius 3 is 2.68 bits per heavy atom. The molecule has 12 heteroatoms. The SMILES string of the molecule is Fc1ccc(-c2nnc(N3CCc4[nH]cnc4C3c3cc4cccc(C(F)(F)F)n4n3)o2)cc1. The number of H-pyrrole nitrogens is 1. The van der Waals surface area contributed by atoms with Crippen molar-refractivity contribution < 1.29 is 22.0 Å². The average Bonchev–Trinajstić information content (AvgIpc) is 3.56. The van der Waals surface area contributed by atoms with Crippen LogP contribution in [0.3, 0.4) is 0 Å². The number of fused-ring (bicyclic) bond motifs is 2. The van der Waals surface area contributed by atoms with Gasteiger partial charge < -0.3 is 14.3 Å². The van der Waals surface area contributed by atoms with Crippen LogP contribution >= 0.6 is 0 Å². The molecule has 1 atom stereocenters. The number of aromatic amines is 1. The molecule has 0 aliphatic carbocycles. The van der Waals surface area contributed by atoms with Crippen molar-refractivity contribution in [3.63, 3.8) is 0 Å². The number of rotatable bonds is 3. The first-order chi connectivity index (χ1) is 16.4. The maximum Gasteiger partial charge on any atom is 0.433 e. The molecule has 1 unspecified atom stereocenters. The van der Waals surface area contributed by atoms with E-state index >= 15 is 0 Å². The standard InChI is InChI=1S/C22H15F4N7O/c23-13-6-4-12(5-7-13)20-29-30-21(34-20)32-9-8-15-18(28-11-27-15)19(32)16-10-14-2-1-3-17(22(24,25)26)33(14)31-16/h1-7,10-11,19H,8-9H2,(H,27,28). The predicted octanol–water partition coefficient (Wildman–Crippen LogP) is 4.42. The molecule has 1 aromatic carbocycles. The lowest BCUT2D eigenvalue weighted by Crippen LogP contribution is -2.37. The number of benzene rings is 1. The van der Waals surface area contributed by atoms with Crippen molar-refractivity contribution in [3.05, 3.63) is 83.5 Å². The highest BCUT2D eigenvalue weighted by atomic mass is 19.4. The first-order valence-corrected chi connectivity index (χ1v) is 10.3. The number of imidazole rings is 1. The van der Waals surface area contributed by atoms with Gasteiger partial charge in [-0.3, -0.25) is 0 Å². The van der Waals surface area contributed by atoms with Gasteiger partial charge in [0.05, 0.1) is 23.2 Å². The molecule has 1 aliphatic rings. The molecule has 0 bridgehead atoms. The molecule has 0 saturated heterocycles. The third kappa shape index (κ3) is 3.29. The summed E-state index contributed by atoms with van der Waals surface area (Å²) in [7, 11) is 0. The number of nitrogens with zero attached hydrogens (tertiary/aromatic N) is 6. The molecule has 5 aromatic rings. The third-order valence-electron chi connectivity index (χ3n) is 5.75. The lowest BCUT2D eigenvalue weighted by Gasteiger charge is -2.32. The highest BCUT2D eigenvalue weighted by Gasteiger charge is 2.38. The lowest BCUT2D eigenvalue weighted by atomic mass is 10.0. The summed E-state index contributed by atoms with van der Waals surface area (Å²) >= 11 is 0. The zero-order valence-corrected chi connectivity index (χ0v) is 17.3. The van der Waals surface area contributed by atoms with Crippen molar-refractivity contribution in [1.82, 2.24) is 29.8 Å². The topological polar surface area (TPSA) is 88.1 Å². The van der Waals surface area contributed by atoms with Gasteiger partial charge in [-0.15, -0.1) is 5.10 Å². The van der Waals surface area contributed by atoms with E-state index in [1.807, 2.05) is 0 Å². The van der Waals surface area contributed by atoms with Crippen LogP contribution in [0.2, 0.25) is 0 Å². The second kappa shape index (κ2) is 7.40. The summed E-state index contributed by atoms with van der Waals surface area (Å²) in [4.78, 5) is 9.25. The van der Waals surface area contributed by atoms with Crippen LogP contribution in [0.15, 0.2) is 59.3 Å². The van der Waals surface area contributed by atoms with Crippen LogP contribution in [-0.2, 0) is 12.6 Å². The predicted molar refractivity (Wildman–Crippen MR) is 111 cm³/mol. The van der Waals surface area contributed by atoms with Crippen molar-refractivity contribution in [2.75, 3.05) is 11.4 Å². The van der Waals surface area contributed by atoms with Crippen LogP contribution in [0.25, 0.3) is 17.0 Å². The molecule has 8 nitrogen and oxygen atoms in total. The Hall–Kier alpha value is -4.22. The molecular formula is C22H15F4N7O. The van der Waals surface area contributed by atoms with Crippen molar-refractivity contribution in [3.8, 4) is 11.5 Å². The first-order valence-electron chi connectivity index (χ1n) is 10.3. The van der Waals surface area contributed by atoms with E-state index in [0.717, 1.165) is 16.3 Å². The Labute approximate surface area is 188 Å². The number of halogens is 4. The zero-order valence-electron chi connectivity index (χ0n) is 17.3. The van der Waals surface area contributed by atoms with Crippen LogP contribution in [0.1, 0.15) is 28.8 Å². The number of pyridine rings is 1. The van der Waals surface area contributed by atoms with Gasteiger partial charge in [-0.25, -0.2) is 13.9 Å². The van der Waals surface area contributed by atoms with Crippen LogP contribution < -0.4 is 4.90 Å². The van der Waals surface area contributed by atoms with Crippen molar-refractivity contribution in [2.24, 2.45) is 0 Å². The number of anilines is 1. The van der Waals surface area contributed by atoms with Gasteiger partial charge in [0.25, 0.3) is 0 Å². The molecule has 34 heavy (non-hydrogen) atoms. The monoisotopic (exact) mass is 469 g/mol. The number of hydrogen-bond donors (Lipinski definition) is 1. The third-order valence-corrected chi connectivity index (χ3v) is 5.75. The van der Waals surface area contributed by atoms with E-state index in [1.165, 1.54) is 36.7 Å². The smallest absolute Gasteiger partial charge is 0.403 e. The van der Waals surface area contributed by atoms with E-state index < -0.39 is 23.7 Å². The van der Waals surface area contributed by atoms with Crippen LogP contribution in [0.5, 0.6) is 0 Å². The van der Waals surface area contributed by atoms with Gasteiger partial charge in [-0.05, 0) is 42.5 Å². The van der Waals surface area contributed by atoms with Gasteiger partial charge in [0.2, 0.25) is 5.89 Å². The number of aromatic nitrogens is 6. The average molecular weight is 469 g/mol. The molecule has 172 valence electrons. The summed E-state index contributed by atoms with van der Waals surface area (Å²) in [5.74, 6) is -0.202. The molecule has 1 aliphatic heterocycles. The largest absolute Gasteiger partial charge is 0.433 e. The number of alkyl halides is 3. The normalized spacial score (nSPS) is 16.2. The molecule has 0 fully saturated rings. The Balaban J connectivity index is 1.45. The summed E-state index contributed by atoms with van der Waals surface area (Å²) in [6.45, 7) is 0.435. The molecule has 0 saturated carbocycles. The fraction of sp³-hybridized carbons (Fsp3) is 0.182. The van der Waals surface area contributed by atoms with Gasteiger partial charge in [0, 0.05) is 24.2 Å². The molecule has 0 amide bonds. The Morgan fingerprint density at radius 1 is 1.06 bits per heavy atom. The minimum atomic E-state index is -4.57. The summed E-state index contributed by atoms with van der Waals surface area (Å²) in [6, 6.07) is 10.6. The highest BCUT2D eigenvalue weighted by molar-refractivity contribution is 5.55. The zero-order chi connectivity index (χ0) is 23.4. The van der Waals surface area contributed by atoms with Gasteiger partial charge in [0.15, 0.2) is 0 Å². The van der Waals surface area contributed by atoms with Crippen LogP contribution in [0, 0.1) is 5.82 Å². The van der Waals surface area contributed by atoms with Gasteiger partial charge in [0.1, 0.15) is 17.6 Å². The molecule has 6 rings (SSSR count). The Bertz CT molecular complexity index is 1490. The molecule has 5 heterocycles. The summed E-state index contributed by atoms with van der Waals surface area (Å²) in [5.41, 5.74) is 1.78. The highest BCUT2D eigenvalue weighted by Crippen LogP contribution is 2.38. The van der Waals surface area contributed by atoms with E-state index in [-0.39, 0.29) is 11.9 Å². The van der Waals surface area contributed by atoms with Crippen molar-refractivity contribution in [2.45, 2.75) is 18.6 Å². The van der Waals surface area contributed by atoms with E-state index in [4.69, 9.17) is 4.42 Å². The fourth-order valence-corrected chi connectivity index (χ4v) is 4.21. The van der Waals surface area contributed by atoms with Crippen LogP contribution in [0.4, 0.5) is 23.6 Å². The lowest BCUT2D eigenvalue weighted by molar-refractivity contribution is -0.142. The minimum absolute atomic E-state index is 0.158. The minimum Gasteiger partial charge on any atom is -0.403 e. The maximum atomic E-state index is 13.5. The Morgan fingerprint density at radius 2 is 1.88 bits per heavy atom. The Kier molecular flexibility index (Phi) is 4.44. The number of nitrogens with one attached hydrogen (secondary N) is 1. The number of hydrogen-bond acceptors (Lipinski definition) is 6. The molecule has 0 spiro atoms. The van der Waals surface area contributed by atoms with Gasteiger partial charge in [-0.1, -0.05) is 11.2 Å². The summed E-state index contributed by atoms with van der Waals surface area (Å²) < 4.78 is 60.7. The van der Waals surface area contributed by atoms with E-state index in [0.29, 0.717) is 35.4 Å². The van der Waals surface area contributed by atoms with Crippen molar-refractivity contribution >= 4 is 11.5 Å². The van der Waals surface area contributed by atoms with Crippen molar-refractivity contribution in [1.29, 1.82) is 0 Å². The van der Waals surface area contributed by atoms with Gasteiger partial charge >= 0.3 is 12.2 Å². The molecule has 0 radical (unpaired) electrons. The summed E-state index contributed by atoms with van der Waals surface area (Å²) in [6.07, 6.45) is -2.44. The van der Waals surface area contributed by atoms with E-state index in [9.17, 15) is 17.6 Å². The molecule has 4 aromatic heterocycles. The van der Waals surface area contributed by atoms with Crippen LogP contribution in [-0.4, -0.2) is 36.3 Å². The summed E-state index contributed by atoms with van der Waals surface area (Å²) in [5, 5.41) is 12.5. The quantitative estimate of drug-likeness (QED) is 0.394. The second-order valence-electron chi connectivity index (χ2n) is 7.82. The molecular weight excluding hydrogens is 454 g/mol. The fourth-order valence-electron chi connectivity index (χ4n) is 4.21. The van der Waals surface area contributed by atoms with E-state index in [2.05, 4.69) is 25.3 Å². The van der Waals surface area contributed by atoms with E-state index in [1.54, 1.807) is 17.0 Å². The maximum absolute atomic E-state index is 13.5. The second-order valence-corrected chi connectivity index (χ2v) is 7.82. The first kappa shape index (κ1) is 20.4. The molecule has 1 N–H and O–H groups in total.